The first-order chi connectivity index (χ1) is 11.6. The van der Waals surface area contributed by atoms with E-state index in [4.69, 9.17) is 0 Å². The highest BCUT2D eigenvalue weighted by molar-refractivity contribution is 5.77. The standard InChI is InChI=1S/C22H32N2O/c1-21(2,3)15-20(25)24(22(4,5)6)17-19-13-10-14-23(19)16-18-11-8-7-9-12-18/h7-14H,15-17H2,1-6H3. The SMILES string of the molecule is CC(C)(C)CC(=O)N(Cc1cccn1Cc1ccccc1)C(C)(C)C. The lowest BCUT2D eigenvalue weighted by atomic mass is 9.90. The van der Waals surface area contributed by atoms with Gasteiger partial charge < -0.3 is 9.47 Å². The number of carbonyl (C=O) groups excluding carboxylic acids is 1. The third-order valence-electron chi connectivity index (χ3n) is 4.23. The van der Waals surface area contributed by atoms with Gasteiger partial charge in [0.05, 0.1) is 6.54 Å². The highest BCUT2D eigenvalue weighted by Crippen LogP contribution is 2.25. The van der Waals surface area contributed by atoms with Crippen LogP contribution in [0.1, 0.15) is 59.2 Å². The monoisotopic (exact) mass is 340 g/mol. The van der Waals surface area contributed by atoms with Gasteiger partial charge in [0.1, 0.15) is 0 Å². The van der Waals surface area contributed by atoms with Crippen LogP contribution in [0.25, 0.3) is 0 Å². The van der Waals surface area contributed by atoms with E-state index >= 15 is 0 Å². The van der Waals surface area contributed by atoms with Gasteiger partial charge in [0.15, 0.2) is 0 Å². The second-order valence-corrected chi connectivity index (χ2v) is 9.00. The molecule has 0 unspecified atom stereocenters. The van der Waals surface area contributed by atoms with Gasteiger partial charge in [-0.15, -0.1) is 0 Å². The third-order valence-corrected chi connectivity index (χ3v) is 4.23. The van der Waals surface area contributed by atoms with Gasteiger partial charge >= 0.3 is 0 Å². The van der Waals surface area contributed by atoms with Crippen LogP contribution in [0.15, 0.2) is 48.7 Å². The van der Waals surface area contributed by atoms with Crippen molar-refractivity contribution >= 4 is 5.91 Å². The fourth-order valence-electron chi connectivity index (χ4n) is 2.94. The van der Waals surface area contributed by atoms with Crippen LogP contribution in [0, 0.1) is 5.41 Å². The summed E-state index contributed by atoms with van der Waals surface area (Å²) in [5.41, 5.74) is 2.22. The first-order valence-electron chi connectivity index (χ1n) is 9.05. The molecule has 1 heterocycles. The quantitative estimate of drug-likeness (QED) is 0.743. The molecule has 0 radical (unpaired) electrons. The number of nitrogens with zero attached hydrogens (tertiary/aromatic N) is 2. The summed E-state index contributed by atoms with van der Waals surface area (Å²) in [5.74, 6) is 0.215. The molecule has 1 amide bonds. The van der Waals surface area contributed by atoms with Crippen molar-refractivity contribution in [2.24, 2.45) is 5.41 Å². The zero-order chi connectivity index (χ0) is 18.7. The molecular formula is C22H32N2O. The van der Waals surface area contributed by atoms with Gasteiger partial charge in [-0.3, -0.25) is 4.79 Å². The molecule has 1 aromatic heterocycles. The zero-order valence-electron chi connectivity index (χ0n) is 16.5. The fraction of sp³-hybridized carbons (Fsp3) is 0.500. The van der Waals surface area contributed by atoms with Crippen LogP contribution in [-0.2, 0) is 17.9 Å². The van der Waals surface area contributed by atoms with E-state index in [1.807, 2.05) is 11.0 Å². The summed E-state index contributed by atoms with van der Waals surface area (Å²) in [7, 11) is 0. The Morgan fingerprint density at radius 2 is 1.60 bits per heavy atom. The van der Waals surface area contributed by atoms with Crippen LogP contribution in [0.5, 0.6) is 0 Å². The van der Waals surface area contributed by atoms with Gasteiger partial charge in [0.2, 0.25) is 5.91 Å². The van der Waals surface area contributed by atoms with E-state index in [2.05, 4.69) is 88.7 Å². The van der Waals surface area contributed by atoms with E-state index in [1.165, 1.54) is 11.3 Å². The molecule has 0 bridgehead atoms. The highest BCUT2D eigenvalue weighted by atomic mass is 16.2. The third kappa shape index (κ3) is 5.77. The van der Waals surface area contributed by atoms with E-state index < -0.39 is 0 Å². The van der Waals surface area contributed by atoms with E-state index in [9.17, 15) is 4.79 Å². The Kier molecular flexibility index (Phi) is 5.76. The number of hydrogen-bond acceptors (Lipinski definition) is 1. The second kappa shape index (κ2) is 7.47. The average molecular weight is 341 g/mol. The Balaban J connectivity index is 2.20. The molecule has 2 rings (SSSR count). The molecule has 0 saturated carbocycles. The molecule has 0 spiro atoms. The Hall–Kier alpha value is -2.03. The number of benzene rings is 1. The molecule has 136 valence electrons. The average Bonchev–Trinajstić information content (AvgIpc) is 2.89. The predicted molar refractivity (Wildman–Crippen MR) is 104 cm³/mol. The molecule has 2 aromatic rings. The van der Waals surface area contributed by atoms with Crippen LogP contribution < -0.4 is 0 Å². The van der Waals surface area contributed by atoms with Crippen molar-refractivity contribution < 1.29 is 4.79 Å². The number of carbonyl (C=O) groups is 1. The Labute approximate surface area is 152 Å². The lowest BCUT2D eigenvalue weighted by molar-refractivity contribution is -0.138. The van der Waals surface area contributed by atoms with Gasteiger partial charge in [-0.05, 0) is 43.9 Å². The first-order valence-corrected chi connectivity index (χ1v) is 9.05. The van der Waals surface area contributed by atoms with E-state index in [0.717, 1.165) is 6.54 Å². The van der Waals surface area contributed by atoms with Crippen molar-refractivity contribution in [3.05, 3.63) is 59.9 Å². The maximum Gasteiger partial charge on any atom is 0.223 e. The molecule has 0 fully saturated rings. The van der Waals surface area contributed by atoms with Crippen LogP contribution in [0.4, 0.5) is 0 Å². The minimum absolute atomic E-state index is 0.00733. The summed E-state index contributed by atoms with van der Waals surface area (Å²) < 4.78 is 2.23. The van der Waals surface area contributed by atoms with E-state index in [1.54, 1.807) is 0 Å². The largest absolute Gasteiger partial charge is 0.345 e. The second-order valence-electron chi connectivity index (χ2n) is 9.00. The minimum Gasteiger partial charge on any atom is -0.345 e. The van der Waals surface area contributed by atoms with Gasteiger partial charge in [-0.25, -0.2) is 0 Å². The summed E-state index contributed by atoms with van der Waals surface area (Å²) in [6, 6.07) is 14.6. The van der Waals surface area contributed by atoms with E-state index in [0.29, 0.717) is 13.0 Å². The van der Waals surface area contributed by atoms with Crippen molar-refractivity contribution in [3.63, 3.8) is 0 Å². The Morgan fingerprint density at radius 1 is 0.960 bits per heavy atom. The van der Waals surface area contributed by atoms with Crippen molar-refractivity contribution in [2.75, 3.05) is 0 Å². The Bertz CT molecular complexity index is 687. The van der Waals surface area contributed by atoms with Crippen LogP contribution in [0.3, 0.4) is 0 Å². The summed E-state index contributed by atoms with van der Waals surface area (Å²) in [4.78, 5) is 14.9. The molecule has 0 aliphatic carbocycles. The molecular weight excluding hydrogens is 308 g/mol. The van der Waals surface area contributed by atoms with Crippen molar-refractivity contribution in [2.45, 2.75) is 66.6 Å². The summed E-state index contributed by atoms with van der Waals surface area (Å²) in [6.45, 7) is 14.1. The number of rotatable bonds is 5. The summed E-state index contributed by atoms with van der Waals surface area (Å²) in [5, 5.41) is 0. The summed E-state index contributed by atoms with van der Waals surface area (Å²) >= 11 is 0. The van der Waals surface area contributed by atoms with E-state index in [-0.39, 0.29) is 16.9 Å². The molecule has 3 nitrogen and oxygen atoms in total. The number of hydrogen-bond donors (Lipinski definition) is 0. The predicted octanol–water partition coefficient (Wildman–Crippen LogP) is 5.10. The number of amides is 1. The smallest absolute Gasteiger partial charge is 0.223 e. The van der Waals surface area contributed by atoms with Gasteiger partial charge in [-0.2, -0.15) is 0 Å². The Morgan fingerprint density at radius 3 is 2.16 bits per heavy atom. The highest BCUT2D eigenvalue weighted by Gasteiger charge is 2.29. The fourth-order valence-corrected chi connectivity index (χ4v) is 2.94. The summed E-state index contributed by atoms with van der Waals surface area (Å²) in [6.07, 6.45) is 2.65. The molecule has 3 heteroatoms. The van der Waals surface area contributed by atoms with Crippen LogP contribution >= 0.6 is 0 Å². The maximum atomic E-state index is 12.9. The van der Waals surface area contributed by atoms with Crippen molar-refractivity contribution in [1.29, 1.82) is 0 Å². The number of aromatic nitrogens is 1. The molecule has 0 aliphatic heterocycles. The molecule has 0 atom stereocenters. The van der Waals surface area contributed by atoms with Gasteiger partial charge in [0, 0.05) is 30.4 Å². The first kappa shape index (κ1) is 19.3. The molecule has 0 N–H and O–H groups in total. The molecule has 25 heavy (non-hydrogen) atoms. The molecule has 0 saturated heterocycles. The lowest BCUT2D eigenvalue weighted by Crippen LogP contribution is -2.46. The van der Waals surface area contributed by atoms with Crippen LogP contribution in [-0.4, -0.2) is 20.9 Å². The minimum atomic E-state index is -0.204. The molecule has 0 aliphatic rings. The van der Waals surface area contributed by atoms with Gasteiger partial charge in [0.25, 0.3) is 0 Å². The lowest BCUT2D eigenvalue weighted by Gasteiger charge is -2.37. The maximum absolute atomic E-state index is 12.9. The normalized spacial score (nSPS) is 12.2. The van der Waals surface area contributed by atoms with Gasteiger partial charge in [-0.1, -0.05) is 51.1 Å². The van der Waals surface area contributed by atoms with Crippen molar-refractivity contribution in [3.8, 4) is 0 Å². The van der Waals surface area contributed by atoms with Crippen LogP contribution in [0.2, 0.25) is 0 Å². The zero-order valence-corrected chi connectivity index (χ0v) is 16.5. The molecule has 1 aromatic carbocycles. The topological polar surface area (TPSA) is 25.2 Å². The van der Waals surface area contributed by atoms with Crippen molar-refractivity contribution in [1.82, 2.24) is 9.47 Å².